The van der Waals surface area contributed by atoms with Crippen LogP contribution in [-0.4, -0.2) is 25.4 Å². The largest absolute Gasteiger partial charge is 0.481 e. The third-order valence-corrected chi connectivity index (χ3v) is 6.22. The molecular weight excluding hydrogens is 392 g/mol. The number of benzene rings is 2. The summed E-state index contributed by atoms with van der Waals surface area (Å²) in [6.45, 7) is 1.87. The molecule has 1 aliphatic rings. The van der Waals surface area contributed by atoms with E-state index in [0.29, 0.717) is 24.2 Å². The predicted molar refractivity (Wildman–Crippen MR) is 110 cm³/mol. The number of amides is 1. The van der Waals surface area contributed by atoms with Crippen LogP contribution in [0, 0.1) is 18.8 Å². The number of rotatable bonds is 6. The van der Waals surface area contributed by atoms with E-state index in [-0.39, 0.29) is 10.8 Å². The van der Waals surface area contributed by atoms with Crippen LogP contribution in [0.5, 0.6) is 0 Å². The van der Waals surface area contributed by atoms with Crippen LogP contribution in [-0.2, 0) is 19.6 Å². The normalized spacial score (nSPS) is 18.8. The summed E-state index contributed by atoms with van der Waals surface area (Å²) in [6, 6.07) is 12.7. The van der Waals surface area contributed by atoms with Crippen molar-refractivity contribution in [3.05, 3.63) is 66.2 Å². The van der Waals surface area contributed by atoms with Crippen molar-refractivity contribution < 1.29 is 23.1 Å². The van der Waals surface area contributed by atoms with E-state index in [1.54, 1.807) is 30.3 Å². The number of anilines is 2. The number of hydrogen-bond donors (Lipinski definition) is 3. The Kier molecular flexibility index (Phi) is 6.03. The third-order valence-electron chi connectivity index (χ3n) is 4.82. The number of aliphatic carboxylic acids is 1. The maximum Gasteiger partial charge on any atom is 0.307 e. The Hall–Kier alpha value is -3.13. The van der Waals surface area contributed by atoms with E-state index >= 15 is 0 Å². The number of hydrogen-bond acceptors (Lipinski definition) is 4. The quantitative estimate of drug-likeness (QED) is 0.627. The van der Waals surface area contributed by atoms with Gasteiger partial charge < -0.3 is 10.4 Å². The van der Waals surface area contributed by atoms with Gasteiger partial charge in [0.25, 0.3) is 10.0 Å². The summed E-state index contributed by atoms with van der Waals surface area (Å²) in [5.41, 5.74) is 1.78. The van der Waals surface area contributed by atoms with Gasteiger partial charge in [-0.3, -0.25) is 14.3 Å². The highest BCUT2D eigenvalue weighted by Gasteiger charge is 2.33. The Balaban J connectivity index is 1.67. The second-order valence-corrected chi connectivity index (χ2v) is 8.66. The van der Waals surface area contributed by atoms with Gasteiger partial charge in [0.05, 0.1) is 16.7 Å². The van der Waals surface area contributed by atoms with E-state index in [4.69, 9.17) is 0 Å². The molecule has 8 heteroatoms. The average molecular weight is 414 g/mol. The number of carboxylic acid groups (broad SMARTS) is 1. The molecule has 0 unspecified atom stereocenters. The molecule has 0 aromatic heterocycles. The number of sulfonamides is 1. The van der Waals surface area contributed by atoms with Gasteiger partial charge in [-0.05, 0) is 56.2 Å². The Morgan fingerprint density at radius 3 is 2.03 bits per heavy atom. The lowest BCUT2D eigenvalue weighted by Crippen LogP contribution is -2.34. The fraction of sp³-hybridized carbons (Fsp3) is 0.238. The summed E-state index contributed by atoms with van der Waals surface area (Å²) in [6.07, 6.45) is 4.29. The molecule has 3 N–H and O–H groups in total. The Bertz CT molecular complexity index is 1030. The predicted octanol–water partition coefficient (Wildman–Crippen LogP) is 3.40. The van der Waals surface area contributed by atoms with Crippen molar-refractivity contribution in [1.82, 2.24) is 0 Å². The molecule has 0 radical (unpaired) electrons. The molecule has 0 spiro atoms. The molecule has 2 aromatic carbocycles. The molecule has 3 rings (SSSR count). The fourth-order valence-electron chi connectivity index (χ4n) is 3.16. The lowest BCUT2D eigenvalue weighted by atomic mass is 9.82. The van der Waals surface area contributed by atoms with E-state index in [1.165, 1.54) is 24.3 Å². The molecule has 0 fully saturated rings. The van der Waals surface area contributed by atoms with E-state index in [9.17, 15) is 23.1 Å². The number of carbonyl (C=O) groups is 2. The molecule has 7 nitrogen and oxygen atoms in total. The standard InChI is InChI=1S/C21H22N2O5S/c1-14-6-12-17(13-7-14)29(27,28)23-16-10-8-15(9-11-16)22-20(24)18-4-2-3-5-19(18)21(25)26/h2-3,6-13,18-19,23H,4-5H2,1H3,(H,22,24)(H,25,26)/t18-,19+/m1/s1. The smallest absolute Gasteiger partial charge is 0.307 e. The van der Waals surface area contributed by atoms with Gasteiger partial charge in [-0.15, -0.1) is 0 Å². The molecule has 0 saturated carbocycles. The van der Waals surface area contributed by atoms with Crippen LogP contribution in [0.2, 0.25) is 0 Å². The zero-order valence-electron chi connectivity index (χ0n) is 15.8. The molecule has 29 heavy (non-hydrogen) atoms. The third kappa shape index (κ3) is 5.03. The minimum atomic E-state index is -3.71. The van der Waals surface area contributed by atoms with Crippen molar-refractivity contribution in [2.45, 2.75) is 24.7 Å². The molecule has 2 atom stereocenters. The van der Waals surface area contributed by atoms with E-state index in [2.05, 4.69) is 10.0 Å². The van der Waals surface area contributed by atoms with Gasteiger partial charge >= 0.3 is 5.97 Å². The summed E-state index contributed by atoms with van der Waals surface area (Å²) in [4.78, 5) is 24.0. The van der Waals surface area contributed by atoms with Crippen LogP contribution in [0.15, 0.2) is 65.6 Å². The molecule has 0 bridgehead atoms. The number of carbonyl (C=O) groups excluding carboxylic acids is 1. The van der Waals surface area contributed by atoms with E-state index < -0.39 is 27.8 Å². The first-order valence-corrected chi connectivity index (χ1v) is 10.6. The van der Waals surface area contributed by atoms with Crippen molar-refractivity contribution in [3.63, 3.8) is 0 Å². The van der Waals surface area contributed by atoms with Gasteiger partial charge in [-0.1, -0.05) is 29.8 Å². The number of aryl methyl sites for hydroxylation is 1. The van der Waals surface area contributed by atoms with Crippen LogP contribution >= 0.6 is 0 Å². The van der Waals surface area contributed by atoms with Crippen LogP contribution in [0.3, 0.4) is 0 Å². The lowest BCUT2D eigenvalue weighted by molar-refractivity contribution is -0.146. The maximum absolute atomic E-state index is 12.5. The summed E-state index contributed by atoms with van der Waals surface area (Å²) >= 11 is 0. The summed E-state index contributed by atoms with van der Waals surface area (Å²) < 4.78 is 27.4. The highest BCUT2D eigenvalue weighted by molar-refractivity contribution is 7.92. The number of allylic oxidation sites excluding steroid dienone is 2. The summed E-state index contributed by atoms with van der Waals surface area (Å²) in [7, 11) is -3.71. The average Bonchev–Trinajstić information content (AvgIpc) is 2.69. The molecule has 152 valence electrons. The van der Waals surface area contributed by atoms with Crippen LogP contribution < -0.4 is 10.0 Å². The Labute approximate surface area is 169 Å². The summed E-state index contributed by atoms with van der Waals surface area (Å²) in [5.74, 6) is -2.75. The van der Waals surface area contributed by atoms with Crippen LogP contribution in [0.4, 0.5) is 11.4 Å². The second kappa shape index (κ2) is 8.48. The highest BCUT2D eigenvalue weighted by Crippen LogP contribution is 2.27. The van der Waals surface area contributed by atoms with E-state index in [0.717, 1.165) is 5.56 Å². The van der Waals surface area contributed by atoms with Gasteiger partial charge in [0.2, 0.25) is 5.91 Å². The minimum Gasteiger partial charge on any atom is -0.481 e. The van der Waals surface area contributed by atoms with Gasteiger partial charge in [0.15, 0.2) is 0 Å². The van der Waals surface area contributed by atoms with Crippen LogP contribution in [0.25, 0.3) is 0 Å². The lowest BCUT2D eigenvalue weighted by Gasteiger charge is -2.24. The van der Waals surface area contributed by atoms with Crippen molar-refractivity contribution in [3.8, 4) is 0 Å². The molecule has 2 aromatic rings. The van der Waals surface area contributed by atoms with Crippen molar-refractivity contribution in [2.75, 3.05) is 10.0 Å². The maximum atomic E-state index is 12.5. The fourth-order valence-corrected chi connectivity index (χ4v) is 4.22. The second-order valence-electron chi connectivity index (χ2n) is 6.98. The molecule has 0 heterocycles. The van der Waals surface area contributed by atoms with Gasteiger partial charge in [-0.25, -0.2) is 8.42 Å². The van der Waals surface area contributed by atoms with Gasteiger partial charge in [0.1, 0.15) is 0 Å². The van der Waals surface area contributed by atoms with Crippen molar-refractivity contribution >= 4 is 33.3 Å². The summed E-state index contributed by atoms with van der Waals surface area (Å²) in [5, 5.41) is 12.0. The highest BCUT2D eigenvalue weighted by atomic mass is 32.2. The Morgan fingerprint density at radius 1 is 0.897 bits per heavy atom. The molecule has 0 saturated heterocycles. The monoisotopic (exact) mass is 414 g/mol. The molecule has 0 aliphatic heterocycles. The molecule has 1 amide bonds. The van der Waals surface area contributed by atoms with Gasteiger partial charge in [-0.2, -0.15) is 0 Å². The first kappa shape index (κ1) is 20.6. The zero-order valence-corrected chi connectivity index (χ0v) is 16.6. The Morgan fingerprint density at radius 2 is 1.45 bits per heavy atom. The topological polar surface area (TPSA) is 113 Å². The number of carboxylic acids is 1. The van der Waals surface area contributed by atoms with Crippen molar-refractivity contribution in [2.24, 2.45) is 11.8 Å². The zero-order chi connectivity index (χ0) is 21.0. The number of nitrogens with one attached hydrogen (secondary N) is 2. The molecule has 1 aliphatic carbocycles. The van der Waals surface area contributed by atoms with Crippen molar-refractivity contribution in [1.29, 1.82) is 0 Å². The van der Waals surface area contributed by atoms with Gasteiger partial charge in [0, 0.05) is 11.4 Å². The molecular formula is C21H22N2O5S. The minimum absolute atomic E-state index is 0.158. The van der Waals surface area contributed by atoms with Crippen LogP contribution in [0.1, 0.15) is 18.4 Å². The first-order valence-electron chi connectivity index (χ1n) is 9.14. The SMILES string of the molecule is Cc1ccc(S(=O)(=O)Nc2ccc(NC(=O)[C@@H]3CC=CC[C@@H]3C(=O)O)cc2)cc1. The van der Waals surface area contributed by atoms with E-state index in [1.807, 2.05) is 13.0 Å². The first-order chi connectivity index (χ1) is 13.8.